The van der Waals surface area contributed by atoms with Crippen molar-refractivity contribution in [3.63, 3.8) is 0 Å². The molecule has 0 radical (unpaired) electrons. The van der Waals surface area contributed by atoms with E-state index in [0.717, 1.165) is 11.3 Å². The number of aliphatic carboxylic acids is 1. The molecule has 4 nitrogen and oxygen atoms in total. The smallest absolute Gasteiger partial charge is 0.315 e. The van der Waals surface area contributed by atoms with Crippen LogP contribution in [-0.4, -0.2) is 11.1 Å². The van der Waals surface area contributed by atoms with Crippen LogP contribution < -0.4 is 11.3 Å². The zero-order valence-electron chi connectivity index (χ0n) is 7.45. The Labute approximate surface area is 81.7 Å². The molecule has 4 N–H and O–H groups in total. The van der Waals surface area contributed by atoms with E-state index in [1.807, 2.05) is 0 Å². The lowest BCUT2D eigenvalue weighted by Gasteiger charge is -1.98. The fourth-order valence-corrected chi connectivity index (χ4v) is 0.909. The van der Waals surface area contributed by atoms with E-state index in [-0.39, 0.29) is 6.42 Å². The molecule has 0 aliphatic heterocycles. The third-order valence-corrected chi connectivity index (χ3v) is 1.50. The molecule has 0 aromatic heterocycles. The number of nitrogens with two attached hydrogens (primary N) is 1. The van der Waals surface area contributed by atoms with Crippen LogP contribution in [-0.2, 0) is 4.79 Å². The summed E-state index contributed by atoms with van der Waals surface area (Å²) in [5.41, 5.74) is 3.96. The number of carboxylic acids is 1. The fraction of sp³-hybridized carbons (Fsp3) is 0.100. The lowest BCUT2D eigenvalue weighted by atomic mass is 10.2. The van der Waals surface area contributed by atoms with Crippen LogP contribution in [0.1, 0.15) is 12.0 Å². The van der Waals surface area contributed by atoms with E-state index in [4.69, 9.17) is 10.9 Å². The summed E-state index contributed by atoms with van der Waals surface area (Å²) in [6, 6.07) is 7.12. The van der Waals surface area contributed by atoms with Gasteiger partial charge in [-0.15, -0.1) is 0 Å². The first-order valence-corrected chi connectivity index (χ1v) is 3.99. The van der Waals surface area contributed by atoms with E-state index >= 15 is 0 Å². The molecule has 1 aromatic carbocycles. The van der Waals surface area contributed by atoms with Crippen LogP contribution in [0, 0.1) is 11.8 Å². The van der Waals surface area contributed by atoms with Gasteiger partial charge in [0.25, 0.3) is 0 Å². The second-order valence-electron chi connectivity index (χ2n) is 2.60. The molecule has 0 saturated carbocycles. The van der Waals surface area contributed by atoms with Crippen molar-refractivity contribution in [2.24, 2.45) is 5.84 Å². The van der Waals surface area contributed by atoms with E-state index in [0.29, 0.717) is 0 Å². The lowest BCUT2D eigenvalue weighted by molar-refractivity contribution is -0.135. The summed E-state index contributed by atoms with van der Waals surface area (Å²) in [5, 5.41) is 8.36. The van der Waals surface area contributed by atoms with Gasteiger partial charge in [0.2, 0.25) is 0 Å². The molecular formula is C10H10N2O2. The number of hydrogen-bond acceptors (Lipinski definition) is 3. The highest BCUT2D eigenvalue weighted by Gasteiger charge is 1.91. The van der Waals surface area contributed by atoms with Crippen molar-refractivity contribution in [3.8, 4) is 11.8 Å². The van der Waals surface area contributed by atoms with Gasteiger partial charge in [-0.1, -0.05) is 17.9 Å². The van der Waals surface area contributed by atoms with Gasteiger partial charge in [0.15, 0.2) is 0 Å². The molecule has 0 heterocycles. The zero-order chi connectivity index (χ0) is 10.4. The minimum absolute atomic E-state index is 0.152. The number of rotatable bonds is 2. The molecule has 14 heavy (non-hydrogen) atoms. The van der Waals surface area contributed by atoms with Crippen molar-refractivity contribution < 1.29 is 9.90 Å². The second kappa shape index (κ2) is 4.90. The summed E-state index contributed by atoms with van der Waals surface area (Å²) in [5.74, 6) is 9.54. The van der Waals surface area contributed by atoms with Crippen molar-refractivity contribution in [1.82, 2.24) is 0 Å². The maximum Gasteiger partial charge on any atom is 0.315 e. The molecule has 4 heteroatoms. The molecule has 72 valence electrons. The predicted octanol–water partition coefficient (Wildman–Crippen LogP) is 0.798. The molecule has 0 aliphatic rings. The molecule has 0 spiro atoms. The minimum Gasteiger partial charge on any atom is -0.481 e. The van der Waals surface area contributed by atoms with Gasteiger partial charge in [-0.3, -0.25) is 10.6 Å². The van der Waals surface area contributed by atoms with Crippen LogP contribution in [0.25, 0.3) is 0 Å². The maximum atomic E-state index is 10.2. The normalized spacial score (nSPS) is 8.64. The minimum atomic E-state index is -0.925. The number of carbonyl (C=O) groups is 1. The van der Waals surface area contributed by atoms with E-state index in [1.165, 1.54) is 0 Å². The van der Waals surface area contributed by atoms with Gasteiger partial charge in [-0.2, -0.15) is 0 Å². The fourth-order valence-electron chi connectivity index (χ4n) is 0.909. The number of anilines is 1. The summed E-state index contributed by atoms with van der Waals surface area (Å²) in [4.78, 5) is 10.2. The second-order valence-corrected chi connectivity index (χ2v) is 2.60. The highest BCUT2D eigenvalue weighted by atomic mass is 16.4. The Morgan fingerprint density at radius 1 is 1.57 bits per heavy atom. The Kier molecular flexibility index (Phi) is 3.53. The third-order valence-electron chi connectivity index (χ3n) is 1.50. The van der Waals surface area contributed by atoms with E-state index in [2.05, 4.69) is 17.3 Å². The average molecular weight is 190 g/mol. The van der Waals surface area contributed by atoms with Crippen LogP contribution in [0.4, 0.5) is 5.69 Å². The van der Waals surface area contributed by atoms with Gasteiger partial charge < -0.3 is 10.5 Å². The summed E-state index contributed by atoms with van der Waals surface area (Å²) < 4.78 is 0. The number of carboxylic acid groups (broad SMARTS) is 1. The molecule has 0 unspecified atom stereocenters. The van der Waals surface area contributed by atoms with Crippen LogP contribution in [0.5, 0.6) is 0 Å². The number of hydrogen-bond donors (Lipinski definition) is 3. The predicted molar refractivity (Wildman–Crippen MR) is 53.4 cm³/mol. The number of nitrogen functional groups attached to an aromatic ring is 1. The van der Waals surface area contributed by atoms with Gasteiger partial charge >= 0.3 is 5.97 Å². The zero-order valence-corrected chi connectivity index (χ0v) is 7.45. The van der Waals surface area contributed by atoms with Crippen LogP contribution >= 0.6 is 0 Å². The summed E-state index contributed by atoms with van der Waals surface area (Å²) in [6.07, 6.45) is -0.152. The number of benzene rings is 1. The average Bonchev–Trinajstić information content (AvgIpc) is 2.18. The van der Waals surface area contributed by atoms with Crippen molar-refractivity contribution in [3.05, 3.63) is 29.8 Å². The molecule has 0 saturated heterocycles. The monoisotopic (exact) mass is 190 g/mol. The maximum absolute atomic E-state index is 10.2. The SMILES string of the molecule is NNc1cccc(C#CCC(=O)O)c1. The Hall–Kier alpha value is -1.99. The van der Waals surface area contributed by atoms with E-state index < -0.39 is 5.97 Å². The van der Waals surface area contributed by atoms with Crippen LogP contribution in [0.3, 0.4) is 0 Å². The Morgan fingerprint density at radius 2 is 2.36 bits per heavy atom. The standard InChI is InChI=1S/C10H10N2O2/c11-12-9-5-1-3-8(7-9)4-2-6-10(13)14/h1,3,5,7,12H,6,11H2,(H,13,14). The van der Waals surface area contributed by atoms with Gasteiger partial charge in [-0.05, 0) is 18.2 Å². The van der Waals surface area contributed by atoms with Crippen LogP contribution in [0.2, 0.25) is 0 Å². The molecular weight excluding hydrogens is 180 g/mol. The molecule has 0 bridgehead atoms. The van der Waals surface area contributed by atoms with E-state index in [9.17, 15) is 4.79 Å². The van der Waals surface area contributed by atoms with Gasteiger partial charge in [0.1, 0.15) is 6.42 Å². The van der Waals surface area contributed by atoms with Crippen LogP contribution in [0.15, 0.2) is 24.3 Å². The Bertz CT molecular complexity index is 391. The number of nitrogens with one attached hydrogen (secondary N) is 1. The highest BCUT2D eigenvalue weighted by Crippen LogP contribution is 2.07. The summed E-state index contributed by atoms with van der Waals surface area (Å²) in [6.45, 7) is 0. The van der Waals surface area contributed by atoms with Gasteiger partial charge in [0, 0.05) is 11.3 Å². The van der Waals surface area contributed by atoms with Crippen molar-refractivity contribution in [2.45, 2.75) is 6.42 Å². The topological polar surface area (TPSA) is 75.3 Å². The molecule has 0 amide bonds. The summed E-state index contributed by atoms with van der Waals surface area (Å²) in [7, 11) is 0. The molecule has 0 atom stereocenters. The Morgan fingerprint density at radius 3 is 3.00 bits per heavy atom. The first-order chi connectivity index (χ1) is 6.72. The Balaban J connectivity index is 2.74. The largest absolute Gasteiger partial charge is 0.481 e. The summed E-state index contributed by atoms with van der Waals surface area (Å²) >= 11 is 0. The van der Waals surface area contributed by atoms with Crippen molar-refractivity contribution in [1.29, 1.82) is 0 Å². The van der Waals surface area contributed by atoms with Crippen molar-refractivity contribution in [2.75, 3.05) is 5.43 Å². The van der Waals surface area contributed by atoms with Gasteiger partial charge in [0.05, 0.1) is 0 Å². The molecule has 1 rings (SSSR count). The van der Waals surface area contributed by atoms with E-state index in [1.54, 1.807) is 24.3 Å². The lowest BCUT2D eigenvalue weighted by Crippen LogP contribution is -2.06. The molecule has 0 fully saturated rings. The van der Waals surface area contributed by atoms with Gasteiger partial charge in [-0.25, -0.2) is 0 Å². The quantitative estimate of drug-likeness (QED) is 0.366. The number of hydrazine groups is 1. The third kappa shape index (κ3) is 3.17. The first-order valence-electron chi connectivity index (χ1n) is 3.99. The molecule has 0 aliphatic carbocycles. The highest BCUT2D eigenvalue weighted by molar-refractivity contribution is 5.70. The first kappa shape index (κ1) is 10.1. The molecule has 1 aromatic rings. The van der Waals surface area contributed by atoms with Crippen molar-refractivity contribution >= 4 is 11.7 Å².